The molecule has 1 aliphatic carbocycles. The molecule has 0 aromatic heterocycles. The van der Waals surface area contributed by atoms with Crippen LogP contribution in [0, 0.1) is 6.92 Å². The highest BCUT2D eigenvalue weighted by atomic mass is 31.0. The van der Waals surface area contributed by atoms with Crippen molar-refractivity contribution in [2.45, 2.75) is 12.6 Å². The second-order valence-corrected chi connectivity index (χ2v) is 4.82. The number of rotatable bonds is 0. The molecule has 0 heterocycles. The van der Waals surface area contributed by atoms with Crippen molar-refractivity contribution in [3.63, 3.8) is 0 Å². The van der Waals surface area contributed by atoms with E-state index in [4.69, 9.17) is 0 Å². The van der Waals surface area contributed by atoms with Crippen LogP contribution in [0.15, 0.2) is 42.5 Å². The summed E-state index contributed by atoms with van der Waals surface area (Å²) in [6, 6.07) is 15.4. The highest BCUT2D eigenvalue weighted by molar-refractivity contribution is 7.17. The summed E-state index contributed by atoms with van der Waals surface area (Å²) in [5, 5.41) is 0. The second-order valence-electron chi connectivity index (χ2n) is 4.16. The SMILES string of the molecule is Cc1ccc2c(c1)C(P)c1ccccc1-2. The Kier molecular flexibility index (Phi) is 1.94. The van der Waals surface area contributed by atoms with Crippen LogP contribution in [0.4, 0.5) is 0 Å². The monoisotopic (exact) mass is 212 g/mol. The Labute approximate surface area is 92.5 Å². The molecule has 0 spiro atoms. The molecule has 2 aromatic carbocycles. The van der Waals surface area contributed by atoms with E-state index < -0.39 is 0 Å². The maximum atomic E-state index is 2.95. The molecule has 0 saturated carbocycles. The molecule has 0 amide bonds. The summed E-state index contributed by atoms with van der Waals surface area (Å²) in [5.41, 5.74) is 7.48. The van der Waals surface area contributed by atoms with Crippen molar-refractivity contribution >= 4 is 9.24 Å². The van der Waals surface area contributed by atoms with Crippen LogP contribution in [0.1, 0.15) is 22.3 Å². The molecule has 0 bridgehead atoms. The molecule has 0 fully saturated rings. The zero-order valence-corrected chi connectivity index (χ0v) is 9.85. The van der Waals surface area contributed by atoms with Crippen molar-refractivity contribution in [1.82, 2.24) is 0 Å². The average Bonchev–Trinajstić information content (AvgIpc) is 2.54. The quantitative estimate of drug-likeness (QED) is 0.580. The van der Waals surface area contributed by atoms with Crippen LogP contribution in [0.2, 0.25) is 0 Å². The van der Waals surface area contributed by atoms with Gasteiger partial charge in [0.2, 0.25) is 0 Å². The lowest BCUT2D eigenvalue weighted by atomic mass is 10.0. The van der Waals surface area contributed by atoms with Crippen molar-refractivity contribution in [1.29, 1.82) is 0 Å². The fourth-order valence-electron chi connectivity index (χ4n) is 2.37. The van der Waals surface area contributed by atoms with Crippen LogP contribution in [0.3, 0.4) is 0 Å². The minimum absolute atomic E-state index is 0.469. The molecule has 0 nitrogen and oxygen atoms in total. The van der Waals surface area contributed by atoms with Gasteiger partial charge >= 0.3 is 0 Å². The molecule has 2 atom stereocenters. The van der Waals surface area contributed by atoms with Crippen LogP contribution in [-0.2, 0) is 0 Å². The van der Waals surface area contributed by atoms with E-state index in [1.54, 1.807) is 0 Å². The standard InChI is InChI=1S/C14H13P/c1-9-6-7-11-10-4-2-3-5-12(10)14(15)13(11)8-9/h2-8,14H,15H2,1H3. The van der Waals surface area contributed by atoms with Gasteiger partial charge in [0, 0.05) is 5.66 Å². The molecular formula is C14H13P. The van der Waals surface area contributed by atoms with E-state index in [0.29, 0.717) is 5.66 Å². The Morgan fingerprint density at radius 3 is 2.53 bits per heavy atom. The molecule has 1 aliphatic rings. The van der Waals surface area contributed by atoms with Crippen molar-refractivity contribution in [2.24, 2.45) is 0 Å². The van der Waals surface area contributed by atoms with Gasteiger partial charge in [-0.3, -0.25) is 0 Å². The third-order valence-corrected chi connectivity index (χ3v) is 3.85. The lowest BCUT2D eigenvalue weighted by Gasteiger charge is -2.06. The van der Waals surface area contributed by atoms with E-state index in [1.807, 2.05) is 0 Å². The van der Waals surface area contributed by atoms with Crippen molar-refractivity contribution in [3.05, 3.63) is 59.2 Å². The van der Waals surface area contributed by atoms with E-state index in [-0.39, 0.29) is 0 Å². The van der Waals surface area contributed by atoms with E-state index in [1.165, 1.54) is 27.8 Å². The molecular weight excluding hydrogens is 199 g/mol. The molecule has 15 heavy (non-hydrogen) atoms. The first-order chi connectivity index (χ1) is 7.27. The fourth-order valence-corrected chi connectivity index (χ4v) is 2.93. The lowest BCUT2D eigenvalue weighted by molar-refractivity contribution is 1.21. The maximum absolute atomic E-state index is 2.95. The first-order valence-electron chi connectivity index (χ1n) is 5.23. The Morgan fingerprint density at radius 1 is 0.933 bits per heavy atom. The van der Waals surface area contributed by atoms with Gasteiger partial charge in [0.1, 0.15) is 0 Å². The summed E-state index contributed by atoms with van der Waals surface area (Å²) in [7, 11) is 2.95. The summed E-state index contributed by atoms with van der Waals surface area (Å²) in [5.74, 6) is 0. The normalized spacial score (nSPS) is 17.3. The van der Waals surface area contributed by atoms with Crippen molar-refractivity contribution in [2.75, 3.05) is 0 Å². The van der Waals surface area contributed by atoms with Gasteiger partial charge in [-0.15, -0.1) is 9.24 Å². The Bertz CT molecular complexity index is 529. The van der Waals surface area contributed by atoms with Gasteiger partial charge in [-0.1, -0.05) is 48.0 Å². The Hall–Kier alpha value is -1.13. The minimum atomic E-state index is 0.469. The largest absolute Gasteiger partial charge is 0.125 e. The molecule has 0 aliphatic heterocycles. The summed E-state index contributed by atoms with van der Waals surface area (Å²) in [4.78, 5) is 0. The smallest absolute Gasteiger partial charge is 0.0246 e. The number of fused-ring (bicyclic) bond motifs is 3. The third-order valence-electron chi connectivity index (χ3n) is 3.13. The van der Waals surface area contributed by atoms with Gasteiger partial charge in [0.05, 0.1) is 0 Å². The van der Waals surface area contributed by atoms with Crippen LogP contribution in [0.5, 0.6) is 0 Å². The van der Waals surface area contributed by atoms with Crippen LogP contribution in [-0.4, -0.2) is 0 Å². The first-order valence-corrected chi connectivity index (χ1v) is 5.89. The highest BCUT2D eigenvalue weighted by Crippen LogP contribution is 2.47. The predicted octanol–water partition coefficient (Wildman–Crippen LogP) is 3.94. The number of benzene rings is 2. The number of aryl methyl sites for hydroxylation is 1. The summed E-state index contributed by atoms with van der Waals surface area (Å²) < 4.78 is 0. The lowest BCUT2D eigenvalue weighted by Crippen LogP contribution is -1.85. The average molecular weight is 212 g/mol. The summed E-state index contributed by atoms with van der Waals surface area (Å²) in [6.07, 6.45) is 0. The van der Waals surface area contributed by atoms with E-state index >= 15 is 0 Å². The van der Waals surface area contributed by atoms with Crippen molar-refractivity contribution < 1.29 is 0 Å². The first kappa shape index (κ1) is 9.12. The van der Waals surface area contributed by atoms with Gasteiger partial charge in [0.15, 0.2) is 0 Å². The third kappa shape index (κ3) is 1.25. The topological polar surface area (TPSA) is 0 Å². The predicted molar refractivity (Wildman–Crippen MR) is 68.2 cm³/mol. The molecule has 0 radical (unpaired) electrons. The Morgan fingerprint density at radius 2 is 1.67 bits per heavy atom. The maximum Gasteiger partial charge on any atom is 0.0246 e. The second kappa shape index (κ2) is 3.18. The van der Waals surface area contributed by atoms with Crippen LogP contribution in [0.25, 0.3) is 11.1 Å². The highest BCUT2D eigenvalue weighted by Gasteiger charge is 2.24. The molecule has 2 aromatic rings. The zero-order valence-electron chi connectivity index (χ0n) is 8.70. The van der Waals surface area contributed by atoms with Gasteiger partial charge in [-0.25, -0.2) is 0 Å². The molecule has 2 unspecified atom stereocenters. The van der Waals surface area contributed by atoms with E-state index in [2.05, 4.69) is 58.6 Å². The molecule has 74 valence electrons. The van der Waals surface area contributed by atoms with E-state index in [0.717, 1.165) is 0 Å². The van der Waals surface area contributed by atoms with Crippen LogP contribution < -0.4 is 0 Å². The molecule has 0 saturated heterocycles. The fraction of sp³-hybridized carbons (Fsp3) is 0.143. The van der Waals surface area contributed by atoms with Gasteiger partial charge in [0.25, 0.3) is 0 Å². The summed E-state index contributed by atoms with van der Waals surface area (Å²) in [6.45, 7) is 2.15. The molecule has 1 heteroatoms. The zero-order chi connectivity index (χ0) is 10.4. The molecule has 3 rings (SSSR count). The number of hydrogen-bond acceptors (Lipinski definition) is 0. The van der Waals surface area contributed by atoms with Crippen molar-refractivity contribution in [3.8, 4) is 11.1 Å². The Balaban J connectivity index is 2.32. The minimum Gasteiger partial charge on any atom is -0.125 e. The summed E-state index contributed by atoms with van der Waals surface area (Å²) >= 11 is 0. The van der Waals surface area contributed by atoms with E-state index in [9.17, 15) is 0 Å². The van der Waals surface area contributed by atoms with Crippen LogP contribution >= 0.6 is 9.24 Å². The van der Waals surface area contributed by atoms with Gasteiger partial charge < -0.3 is 0 Å². The number of hydrogen-bond donors (Lipinski definition) is 0. The van der Waals surface area contributed by atoms with Gasteiger partial charge in [-0.2, -0.15) is 0 Å². The molecule has 0 N–H and O–H groups in total. The van der Waals surface area contributed by atoms with Gasteiger partial charge in [-0.05, 0) is 29.2 Å².